The third-order valence-corrected chi connectivity index (χ3v) is 5.31. The lowest BCUT2D eigenvalue weighted by atomic mass is 10.1. The maximum atomic E-state index is 12.3. The molecule has 0 fully saturated rings. The molecule has 0 bridgehead atoms. The van der Waals surface area contributed by atoms with E-state index in [2.05, 4.69) is 12.1 Å². The number of carbonyl (C=O) groups is 1. The molecular formula is C16H24N2O2S. The molecule has 0 heterocycles. The van der Waals surface area contributed by atoms with Gasteiger partial charge in [-0.05, 0) is 55.5 Å². The van der Waals surface area contributed by atoms with Crippen LogP contribution < -0.4 is 5.73 Å². The van der Waals surface area contributed by atoms with Crippen LogP contribution in [0.4, 0.5) is 0 Å². The van der Waals surface area contributed by atoms with Gasteiger partial charge in [-0.1, -0.05) is 6.07 Å². The molecule has 1 aliphatic rings. The van der Waals surface area contributed by atoms with Gasteiger partial charge in [-0.2, -0.15) is 0 Å². The van der Waals surface area contributed by atoms with E-state index in [-0.39, 0.29) is 5.91 Å². The fourth-order valence-electron chi connectivity index (χ4n) is 2.63. The molecule has 1 atom stereocenters. The zero-order chi connectivity index (χ0) is 15.2. The second-order valence-corrected chi connectivity index (χ2v) is 7.11. The number of fused-ring (bicyclic) bond motifs is 1. The third kappa shape index (κ3) is 4.38. The van der Waals surface area contributed by atoms with Crippen molar-refractivity contribution >= 4 is 16.7 Å². The normalized spacial score (nSPS) is 14.8. The monoisotopic (exact) mass is 308 g/mol. The van der Waals surface area contributed by atoms with E-state index in [0.29, 0.717) is 25.3 Å². The van der Waals surface area contributed by atoms with Gasteiger partial charge in [-0.25, -0.2) is 0 Å². The van der Waals surface area contributed by atoms with E-state index < -0.39 is 10.8 Å². The first-order valence-electron chi connectivity index (χ1n) is 7.56. The van der Waals surface area contributed by atoms with E-state index in [1.807, 2.05) is 6.07 Å². The van der Waals surface area contributed by atoms with E-state index in [4.69, 9.17) is 5.73 Å². The highest BCUT2D eigenvalue weighted by molar-refractivity contribution is 7.85. The lowest BCUT2D eigenvalue weighted by Gasteiger charge is -2.16. The largest absolute Gasteiger partial charge is 0.346 e. The summed E-state index contributed by atoms with van der Waals surface area (Å²) >= 11 is 0. The number of aryl methyl sites for hydroxylation is 2. The minimum absolute atomic E-state index is 0.0398. The van der Waals surface area contributed by atoms with Gasteiger partial charge in [0.05, 0.1) is 10.8 Å². The Labute approximate surface area is 129 Å². The van der Waals surface area contributed by atoms with Gasteiger partial charge in [0.25, 0.3) is 0 Å². The minimum atomic E-state index is -1.09. The second kappa shape index (κ2) is 7.71. The molecule has 1 unspecified atom stereocenters. The molecular weight excluding hydrogens is 284 g/mol. The summed E-state index contributed by atoms with van der Waals surface area (Å²) < 4.78 is 12.3. The first-order chi connectivity index (χ1) is 10.1. The standard InChI is InChI=1S/C16H24N2O2S/c1-18(10-3-9-17)16(19)8-11-21(20)15-7-6-13-4-2-5-14(13)12-15/h6-7,12H,2-5,8-11,17H2,1H3. The fourth-order valence-corrected chi connectivity index (χ4v) is 3.72. The Morgan fingerprint density at radius 2 is 2.10 bits per heavy atom. The number of rotatable bonds is 7. The fraction of sp³-hybridized carbons (Fsp3) is 0.562. The number of amides is 1. The van der Waals surface area contributed by atoms with Crippen LogP contribution in [0.1, 0.15) is 30.4 Å². The molecule has 21 heavy (non-hydrogen) atoms. The average Bonchev–Trinajstić information content (AvgIpc) is 2.97. The molecule has 116 valence electrons. The summed E-state index contributed by atoms with van der Waals surface area (Å²) in [6, 6.07) is 6.09. The molecule has 0 saturated heterocycles. The molecule has 0 aromatic heterocycles. The summed E-state index contributed by atoms with van der Waals surface area (Å²) in [6.07, 6.45) is 4.53. The van der Waals surface area contributed by atoms with Crippen molar-refractivity contribution in [2.24, 2.45) is 5.73 Å². The van der Waals surface area contributed by atoms with E-state index in [0.717, 1.165) is 24.2 Å². The molecule has 0 saturated carbocycles. The van der Waals surface area contributed by atoms with Crippen LogP contribution in [-0.4, -0.2) is 40.9 Å². The van der Waals surface area contributed by atoms with Gasteiger partial charge >= 0.3 is 0 Å². The van der Waals surface area contributed by atoms with Gasteiger partial charge in [-0.15, -0.1) is 0 Å². The first kappa shape index (κ1) is 16.2. The molecule has 1 amide bonds. The topological polar surface area (TPSA) is 63.4 Å². The summed E-state index contributed by atoms with van der Waals surface area (Å²) in [5.74, 6) is 0.433. The minimum Gasteiger partial charge on any atom is -0.346 e. The Morgan fingerprint density at radius 3 is 2.86 bits per heavy atom. The van der Waals surface area contributed by atoms with Crippen molar-refractivity contribution in [2.45, 2.75) is 37.0 Å². The van der Waals surface area contributed by atoms with Gasteiger partial charge < -0.3 is 10.6 Å². The van der Waals surface area contributed by atoms with E-state index in [1.165, 1.54) is 17.5 Å². The van der Waals surface area contributed by atoms with Crippen molar-refractivity contribution in [2.75, 3.05) is 25.9 Å². The predicted octanol–water partition coefficient (Wildman–Crippen LogP) is 1.48. The smallest absolute Gasteiger partial charge is 0.223 e. The van der Waals surface area contributed by atoms with Gasteiger partial charge in [0.1, 0.15) is 0 Å². The van der Waals surface area contributed by atoms with Crippen LogP contribution >= 0.6 is 0 Å². The molecule has 0 spiro atoms. The van der Waals surface area contributed by atoms with Gasteiger partial charge in [0, 0.05) is 30.7 Å². The Kier molecular flexibility index (Phi) is 5.94. The van der Waals surface area contributed by atoms with Crippen LogP contribution in [-0.2, 0) is 28.4 Å². The Bertz CT molecular complexity index is 531. The quantitative estimate of drug-likeness (QED) is 0.830. The van der Waals surface area contributed by atoms with E-state index in [9.17, 15) is 9.00 Å². The summed E-state index contributed by atoms with van der Waals surface area (Å²) in [4.78, 5) is 14.5. The SMILES string of the molecule is CN(CCCN)C(=O)CCS(=O)c1ccc2c(c1)CCC2. The van der Waals surface area contributed by atoms with Crippen molar-refractivity contribution < 1.29 is 9.00 Å². The summed E-state index contributed by atoms with van der Waals surface area (Å²) in [7, 11) is 0.683. The zero-order valence-corrected chi connectivity index (χ0v) is 13.5. The Balaban J connectivity index is 1.86. The molecule has 2 N–H and O–H groups in total. The van der Waals surface area contributed by atoms with E-state index >= 15 is 0 Å². The van der Waals surface area contributed by atoms with Crippen LogP contribution in [0.25, 0.3) is 0 Å². The molecule has 4 nitrogen and oxygen atoms in total. The highest BCUT2D eigenvalue weighted by Gasteiger charge is 2.15. The average molecular weight is 308 g/mol. The molecule has 1 aromatic rings. The summed E-state index contributed by atoms with van der Waals surface area (Å²) in [5.41, 5.74) is 8.14. The Hall–Kier alpha value is -1.20. The maximum absolute atomic E-state index is 12.3. The highest BCUT2D eigenvalue weighted by atomic mass is 32.2. The molecule has 0 radical (unpaired) electrons. The maximum Gasteiger partial charge on any atom is 0.223 e. The summed E-state index contributed by atoms with van der Waals surface area (Å²) in [5, 5.41) is 0. The first-order valence-corrected chi connectivity index (χ1v) is 8.88. The van der Waals surface area contributed by atoms with Crippen LogP contribution in [0.15, 0.2) is 23.1 Å². The lowest BCUT2D eigenvalue weighted by Crippen LogP contribution is -2.29. The van der Waals surface area contributed by atoms with E-state index in [1.54, 1.807) is 11.9 Å². The van der Waals surface area contributed by atoms with Gasteiger partial charge in [-0.3, -0.25) is 9.00 Å². The number of carbonyl (C=O) groups excluding carboxylic acids is 1. The van der Waals surface area contributed by atoms with Crippen molar-refractivity contribution in [3.05, 3.63) is 29.3 Å². The van der Waals surface area contributed by atoms with Gasteiger partial charge in [0.2, 0.25) is 5.91 Å². The lowest BCUT2D eigenvalue weighted by molar-refractivity contribution is -0.129. The van der Waals surface area contributed by atoms with Crippen LogP contribution in [0.3, 0.4) is 0 Å². The predicted molar refractivity (Wildman–Crippen MR) is 85.7 cm³/mol. The molecule has 1 aromatic carbocycles. The van der Waals surface area contributed by atoms with Crippen LogP contribution in [0.2, 0.25) is 0 Å². The van der Waals surface area contributed by atoms with Crippen LogP contribution in [0.5, 0.6) is 0 Å². The Morgan fingerprint density at radius 1 is 1.33 bits per heavy atom. The molecule has 1 aliphatic carbocycles. The number of hydrogen-bond acceptors (Lipinski definition) is 3. The number of benzene rings is 1. The molecule has 0 aliphatic heterocycles. The highest BCUT2D eigenvalue weighted by Crippen LogP contribution is 2.24. The third-order valence-electron chi connectivity index (χ3n) is 3.96. The molecule has 2 rings (SSSR count). The second-order valence-electron chi connectivity index (χ2n) is 5.54. The summed E-state index contributed by atoms with van der Waals surface area (Å²) in [6.45, 7) is 1.25. The van der Waals surface area contributed by atoms with Crippen molar-refractivity contribution in [3.63, 3.8) is 0 Å². The molecule has 5 heteroatoms. The number of nitrogens with two attached hydrogens (primary N) is 1. The number of hydrogen-bond donors (Lipinski definition) is 1. The number of nitrogens with zero attached hydrogens (tertiary/aromatic N) is 1. The van der Waals surface area contributed by atoms with Crippen molar-refractivity contribution in [1.29, 1.82) is 0 Å². The zero-order valence-electron chi connectivity index (χ0n) is 12.6. The van der Waals surface area contributed by atoms with Gasteiger partial charge in [0.15, 0.2) is 0 Å². The van der Waals surface area contributed by atoms with Crippen molar-refractivity contribution in [3.8, 4) is 0 Å². The van der Waals surface area contributed by atoms with Crippen molar-refractivity contribution in [1.82, 2.24) is 4.90 Å². The van der Waals surface area contributed by atoms with Crippen LogP contribution in [0, 0.1) is 0 Å².